The van der Waals surface area contributed by atoms with Crippen LogP contribution in [0.4, 0.5) is 26.2 Å². The maximum Gasteiger partial charge on any atom is 0.319 e. The summed E-state index contributed by atoms with van der Waals surface area (Å²) in [4.78, 5) is 16.3. The molecule has 9 heteroatoms. The monoisotopic (exact) mass is 481 g/mol. The van der Waals surface area contributed by atoms with Crippen LogP contribution in [0.2, 0.25) is 0 Å². The van der Waals surface area contributed by atoms with Gasteiger partial charge in [-0.2, -0.15) is 5.26 Å². The Labute approximate surface area is 205 Å². The molecule has 0 aromatic heterocycles. The van der Waals surface area contributed by atoms with E-state index in [0.29, 0.717) is 54.7 Å². The fourth-order valence-corrected chi connectivity index (χ4v) is 3.03. The summed E-state index contributed by atoms with van der Waals surface area (Å²) < 4.78 is 25.4. The van der Waals surface area contributed by atoms with Gasteiger partial charge in [0, 0.05) is 49.1 Å². The Bertz CT molecular complexity index is 1090. The fourth-order valence-electron chi connectivity index (χ4n) is 3.03. The predicted octanol–water partition coefficient (Wildman–Crippen LogP) is 5.72. The van der Waals surface area contributed by atoms with Crippen LogP contribution in [0.3, 0.4) is 0 Å². The third-order valence-corrected chi connectivity index (χ3v) is 4.95. The van der Waals surface area contributed by atoms with Crippen molar-refractivity contribution in [3.8, 4) is 11.8 Å². The molecule has 0 spiro atoms. The first-order chi connectivity index (χ1) is 16.7. The van der Waals surface area contributed by atoms with Gasteiger partial charge in [0.25, 0.3) is 0 Å². The number of nitrogens with zero attached hydrogens (tertiary/aromatic N) is 2. The van der Waals surface area contributed by atoms with Crippen LogP contribution in [0.5, 0.6) is 5.75 Å². The van der Waals surface area contributed by atoms with Crippen LogP contribution in [-0.4, -0.2) is 39.1 Å². The Balaban J connectivity index is 2.03. The molecule has 186 valence electrons. The van der Waals surface area contributed by atoms with Crippen LogP contribution in [0.1, 0.15) is 32.8 Å². The number of benzene rings is 2. The summed E-state index contributed by atoms with van der Waals surface area (Å²) in [7, 11) is 1.56. The van der Waals surface area contributed by atoms with Crippen molar-refractivity contribution < 1.29 is 18.7 Å². The summed E-state index contributed by atoms with van der Waals surface area (Å²) in [5.74, 6) is -0.172. The number of amides is 2. The highest BCUT2D eigenvalue weighted by molar-refractivity contribution is 5.90. The number of halogens is 1. The van der Waals surface area contributed by atoms with Gasteiger partial charge in [-0.1, -0.05) is 6.58 Å². The normalized spacial score (nSPS) is 11.1. The molecule has 0 atom stereocenters. The molecule has 2 amide bonds. The van der Waals surface area contributed by atoms with Crippen molar-refractivity contribution in [3.63, 3.8) is 0 Å². The maximum absolute atomic E-state index is 14.9. The van der Waals surface area contributed by atoms with Crippen molar-refractivity contribution in [1.82, 2.24) is 5.32 Å². The van der Waals surface area contributed by atoms with Gasteiger partial charge in [-0.05, 0) is 51.5 Å². The van der Waals surface area contributed by atoms with Gasteiger partial charge >= 0.3 is 6.03 Å². The summed E-state index contributed by atoms with van der Waals surface area (Å²) in [5.41, 5.74) is 1.67. The number of ether oxygens (including phenoxy) is 2. The van der Waals surface area contributed by atoms with Crippen LogP contribution in [0.25, 0.3) is 5.70 Å². The van der Waals surface area contributed by atoms with E-state index in [1.807, 2.05) is 13.8 Å². The lowest BCUT2D eigenvalue weighted by Gasteiger charge is -2.16. The van der Waals surface area contributed by atoms with E-state index in [1.54, 1.807) is 50.6 Å². The number of hydrogen-bond donors (Lipinski definition) is 3. The summed E-state index contributed by atoms with van der Waals surface area (Å²) in [6.45, 7) is 10.4. The van der Waals surface area contributed by atoms with Crippen molar-refractivity contribution in [3.05, 3.63) is 54.4 Å². The topological polar surface area (TPSA) is 108 Å². The first-order valence-corrected chi connectivity index (χ1v) is 11.2. The quantitative estimate of drug-likeness (QED) is 0.266. The van der Waals surface area contributed by atoms with Gasteiger partial charge in [0.1, 0.15) is 18.2 Å². The molecule has 0 aliphatic carbocycles. The number of carbonyl (C=O) groups excluding carboxylic acids is 1. The highest BCUT2D eigenvalue weighted by Crippen LogP contribution is 2.33. The molecule has 3 N–H and O–H groups in total. The lowest BCUT2D eigenvalue weighted by atomic mass is 9.92. The van der Waals surface area contributed by atoms with Crippen molar-refractivity contribution in [2.45, 2.75) is 27.2 Å². The molecule has 0 aliphatic heterocycles. The van der Waals surface area contributed by atoms with E-state index in [2.05, 4.69) is 33.6 Å². The van der Waals surface area contributed by atoms with Crippen LogP contribution in [0, 0.1) is 22.6 Å². The first kappa shape index (κ1) is 27.3. The minimum Gasteiger partial charge on any atom is -0.491 e. The van der Waals surface area contributed by atoms with Gasteiger partial charge in [0.05, 0.1) is 29.3 Å². The second-order valence-electron chi connectivity index (χ2n) is 8.34. The molecule has 2 aromatic rings. The first-order valence-electron chi connectivity index (χ1n) is 11.2. The molecular formula is C26H32FN5O3. The van der Waals surface area contributed by atoms with E-state index >= 15 is 0 Å². The van der Waals surface area contributed by atoms with Crippen molar-refractivity contribution in [1.29, 1.82) is 5.26 Å². The van der Waals surface area contributed by atoms with E-state index < -0.39 is 11.2 Å². The zero-order chi connectivity index (χ0) is 25.8. The van der Waals surface area contributed by atoms with Gasteiger partial charge < -0.3 is 25.4 Å². The van der Waals surface area contributed by atoms with E-state index in [0.717, 1.165) is 0 Å². The summed E-state index contributed by atoms with van der Waals surface area (Å²) in [6, 6.07) is 11.7. The highest BCUT2D eigenvalue weighted by Gasteiger charge is 2.17. The van der Waals surface area contributed by atoms with E-state index in [4.69, 9.17) is 14.7 Å². The third kappa shape index (κ3) is 8.76. The number of anilines is 2. The van der Waals surface area contributed by atoms with Crippen LogP contribution >= 0.6 is 0 Å². The molecule has 0 unspecified atom stereocenters. The number of nitriles is 1. The number of methoxy groups -OCH3 is 1. The van der Waals surface area contributed by atoms with Crippen molar-refractivity contribution >= 4 is 35.0 Å². The Morgan fingerprint density at radius 3 is 2.46 bits per heavy atom. The van der Waals surface area contributed by atoms with Crippen LogP contribution in [0.15, 0.2) is 48.0 Å². The highest BCUT2D eigenvalue weighted by atomic mass is 19.1. The standard InChI is InChI=1S/C26H32FN5O3/c1-6-29-23-16-21(35-14-13-34-5)15-22(27)24(23)18(2)31-19-7-9-20(10-8-19)32-25(33)30-12-11-26(3,4)17-28/h6-10,15-16,31H,2,11-14H2,1,3-5H3,(H2,30,32,33). The van der Waals surface area contributed by atoms with Gasteiger partial charge in [-0.15, -0.1) is 0 Å². The smallest absolute Gasteiger partial charge is 0.319 e. The average molecular weight is 482 g/mol. The van der Waals surface area contributed by atoms with E-state index in [9.17, 15) is 9.18 Å². The molecule has 0 heterocycles. The molecule has 0 radical (unpaired) electrons. The largest absolute Gasteiger partial charge is 0.491 e. The average Bonchev–Trinajstić information content (AvgIpc) is 2.80. The fraction of sp³-hybridized carbons (Fsp3) is 0.346. The minimum absolute atomic E-state index is 0.226. The number of hydrogen-bond acceptors (Lipinski definition) is 6. The number of urea groups is 1. The molecular weight excluding hydrogens is 449 g/mol. The molecule has 0 saturated carbocycles. The van der Waals surface area contributed by atoms with Crippen LogP contribution in [-0.2, 0) is 4.74 Å². The SMILES string of the molecule is C=C(Nc1ccc(NC(=O)NCCC(C)(C)C#N)cc1)c1c(F)cc(OCCOC)cc1N=CC. The van der Waals surface area contributed by atoms with E-state index in [1.165, 1.54) is 6.07 Å². The minimum atomic E-state index is -0.521. The maximum atomic E-state index is 14.9. The van der Waals surface area contributed by atoms with Crippen molar-refractivity contribution in [2.75, 3.05) is 37.5 Å². The lowest BCUT2D eigenvalue weighted by molar-refractivity contribution is 0.146. The zero-order valence-corrected chi connectivity index (χ0v) is 20.6. The summed E-state index contributed by atoms with van der Waals surface area (Å²) in [6.07, 6.45) is 2.11. The van der Waals surface area contributed by atoms with Gasteiger partial charge in [-0.3, -0.25) is 4.99 Å². The summed E-state index contributed by atoms with van der Waals surface area (Å²) in [5, 5.41) is 17.6. The number of carbonyl (C=O) groups is 1. The predicted molar refractivity (Wildman–Crippen MR) is 138 cm³/mol. The Morgan fingerprint density at radius 2 is 1.86 bits per heavy atom. The molecule has 0 bridgehead atoms. The summed E-state index contributed by atoms with van der Waals surface area (Å²) >= 11 is 0. The van der Waals surface area contributed by atoms with Crippen LogP contribution < -0.4 is 20.7 Å². The molecule has 0 saturated heterocycles. The van der Waals surface area contributed by atoms with Gasteiger partial charge in [0.2, 0.25) is 0 Å². The van der Waals surface area contributed by atoms with Crippen molar-refractivity contribution in [2.24, 2.45) is 10.4 Å². The van der Waals surface area contributed by atoms with Gasteiger partial charge in [0.15, 0.2) is 0 Å². The van der Waals surface area contributed by atoms with E-state index in [-0.39, 0.29) is 11.6 Å². The number of rotatable bonds is 12. The number of nitrogens with one attached hydrogen (secondary N) is 3. The molecule has 0 aliphatic rings. The molecule has 35 heavy (non-hydrogen) atoms. The Hall–Kier alpha value is -3.90. The molecule has 0 fully saturated rings. The third-order valence-electron chi connectivity index (χ3n) is 4.95. The molecule has 2 aromatic carbocycles. The number of aliphatic imine (C=N–C) groups is 1. The Kier molecular flexibility index (Phi) is 10.2. The molecule has 8 nitrogen and oxygen atoms in total. The zero-order valence-electron chi connectivity index (χ0n) is 20.6. The molecule has 2 rings (SSSR count). The lowest BCUT2D eigenvalue weighted by Crippen LogP contribution is -2.31. The van der Waals surface area contributed by atoms with Gasteiger partial charge in [-0.25, -0.2) is 9.18 Å². The second kappa shape index (κ2) is 13.1. The second-order valence-corrected chi connectivity index (χ2v) is 8.34. The Morgan fingerprint density at radius 1 is 1.20 bits per heavy atom.